The Morgan fingerprint density at radius 1 is 1.08 bits per heavy atom. The zero-order valence-corrected chi connectivity index (χ0v) is 13.9. The second kappa shape index (κ2) is 7.16. The number of halogens is 1. The third kappa shape index (κ3) is 3.47. The molecule has 4 heterocycles. The van der Waals surface area contributed by atoms with Gasteiger partial charge >= 0.3 is 0 Å². The fourth-order valence-electron chi connectivity index (χ4n) is 3.04. The lowest BCUT2D eigenvalue weighted by molar-refractivity contribution is 0.0398. The number of aromatic nitrogens is 3. The van der Waals surface area contributed by atoms with E-state index in [0.717, 1.165) is 50.9 Å². The Balaban J connectivity index is 1.60. The Hall–Kier alpha value is -2.51. The Morgan fingerprint density at radius 2 is 1.96 bits per heavy atom. The van der Waals surface area contributed by atoms with Gasteiger partial charge in [-0.1, -0.05) is 12.1 Å². The summed E-state index contributed by atoms with van der Waals surface area (Å²) < 4.78 is 20.9. The number of nitrogens with one attached hydrogen (secondary N) is 1. The summed E-state index contributed by atoms with van der Waals surface area (Å²) in [5, 5.41) is 3.46. The molecule has 0 radical (unpaired) electrons. The lowest BCUT2D eigenvalue weighted by Crippen LogP contribution is -2.39. The van der Waals surface area contributed by atoms with Crippen LogP contribution >= 0.6 is 0 Å². The van der Waals surface area contributed by atoms with Crippen LogP contribution in [0.5, 0.6) is 0 Å². The van der Waals surface area contributed by atoms with Gasteiger partial charge in [0.1, 0.15) is 17.2 Å². The van der Waals surface area contributed by atoms with Crippen LogP contribution in [0.3, 0.4) is 0 Å². The highest BCUT2D eigenvalue weighted by Crippen LogP contribution is 2.27. The summed E-state index contributed by atoms with van der Waals surface area (Å²) in [5.74, 6) is 0.329. The number of nitrogens with zero attached hydrogens (tertiary/aromatic N) is 4. The molecular formula is C18H20FN5O. The van der Waals surface area contributed by atoms with Gasteiger partial charge in [0.2, 0.25) is 5.95 Å². The van der Waals surface area contributed by atoms with Crippen LogP contribution in [0, 0.1) is 5.95 Å². The quantitative estimate of drug-likeness (QED) is 0.722. The van der Waals surface area contributed by atoms with Crippen molar-refractivity contribution in [3.8, 4) is 11.4 Å². The van der Waals surface area contributed by atoms with Gasteiger partial charge < -0.3 is 10.1 Å². The molecule has 0 aromatic carbocycles. The molecule has 1 aliphatic rings. The summed E-state index contributed by atoms with van der Waals surface area (Å²) in [7, 11) is 0. The third-order valence-corrected chi connectivity index (χ3v) is 4.31. The number of rotatable bonds is 5. The average Bonchev–Trinajstić information content (AvgIpc) is 3.02. The maximum Gasteiger partial charge on any atom is 0.213 e. The standard InChI is InChI=1S/C18H20FN5O/c19-15-5-3-4-14(21-15)17-18(24-8-2-1-6-16(24)22-17)20-7-9-23-10-12-25-13-11-23/h1-6,8,20H,7,9-13H2. The van der Waals surface area contributed by atoms with Crippen molar-refractivity contribution in [2.45, 2.75) is 0 Å². The zero-order chi connectivity index (χ0) is 17.1. The molecule has 1 saturated heterocycles. The first-order valence-corrected chi connectivity index (χ1v) is 8.45. The predicted octanol–water partition coefficient (Wildman–Crippen LogP) is 2.28. The van der Waals surface area contributed by atoms with Crippen molar-refractivity contribution >= 4 is 11.5 Å². The van der Waals surface area contributed by atoms with Gasteiger partial charge in [-0.3, -0.25) is 9.30 Å². The Labute approximate surface area is 145 Å². The van der Waals surface area contributed by atoms with Crippen molar-refractivity contribution in [3.05, 3.63) is 48.5 Å². The first-order chi connectivity index (χ1) is 12.3. The molecule has 25 heavy (non-hydrogen) atoms. The Kier molecular flexibility index (Phi) is 4.58. The topological polar surface area (TPSA) is 54.7 Å². The Morgan fingerprint density at radius 3 is 2.80 bits per heavy atom. The van der Waals surface area contributed by atoms with Crippen molar-refractivity contribution in [1.82, 2.24) is 19.3 Å². The van der Waals surface area contributed by atoms with Crippen LogP contribution in [0.4, 0.5) is 10.2 Å². The highest BCUT2D eigenvalue weighted by atomic mass is 19.1. The molecule has 6 nitrogen and oxygen atoms in total. The number of ether oxygens (including phenoxy) is 1. The molecule has 0 unspecified atom stereocenters. The molecule has 130 valence electrons. The van der Waals surface area contributed by atoms with Crippen molar-refractivity contribution in [3.63, 3.8) is 0 Å². The summed E-state index contributed by atoms with van der Waals surface area (Å²) in [6.07, 6.45) is 1.95. The maximum absolute atomic E-state index is 13.6. The number of pyridine rings is 2. The molecule has 0 aliphatic carbocycles. The normalized spacial score (nSPS) is 15.6. The van der Waals surface area contributed by atoms with E-state index in [-0.39, 0.29) is 0 Å². The van der Waals surface area contributed by atoms with Crippen molar-refractivity contribution in [2.75, 3.05) is 44.7 Å². The van der Waals surface area contributed by atoms with Gasteiger partial charge in [-0.15, -0.1) is 0 Å². The van der Waals surface area contributed by atoms with E-state index in [9.17, 15) is 4.39 Å². The number of hydrogen-bond donors (Lipinski definition) is 1. The second-order valence-electron chi connectivity index (χ2n) is 5.96. The van der Waals surface area contributed by atoms with Crippen LogP contribution in [0.25, 0.3) is 17.0 Å². The van der Waals surface area contributed by atoms with Gasteiger partial charge in [0.15, 0.2) is 0 Å². The fraction of sp³-hybridized carbons (Fsp3) is 0.333. The number of morpholine rings is 1. The molecule has 0 saturated carbocycles. The van der Waals surface area contributed by atoms with Crippen LogP contribution in [-0.2, 0) is 4.74 Å². The average molecular weight is 341 g/mol. The number of anilines is 1. The number of fused-ring (bicyclic) bond motifs is 1. The number of hydrogen-bond acceptors (Lipinski definition) is 5. The second-order valence-corrected chi connectivity index (χ2v) is 5.96. The van der Waals surface area contributed by atoms with Gasteiger partial charge in [0, 0.05) is 32.4 Å². The summed E-state index contributed by atoms with van der Waals surface area (Å²) >= 11 is 0. The molecule has 3 aromatic rings. The molecule has 0 amide bonds. The van der Waals surface area contributed by atoms with Crippen molar-refractivity contribution in [1.29, 1.82) is 0 Å². The molecule has 1 N–H and O–H groups in total. The first-order valence-electron chi connectivity index (χ1n) is 8.45. The number of imidazole rings is 1. The van der Waals surface area contributed by atoms with Gasteiger partial charge in [-0.25, -0.2) is 9.97 Å². The minimum atomic E-state index is -0.506. The van der Waals surface area contributed by atoms with E-state index in [1.807, 2.05) is 28.8 Å². The lowest BCUT2D eigenvalue weighted by Gasteiger charge is -2.26. The molecule has 0 bridgehead atoms. The molecule has 1 fully saturated rings. The summed E-state index contributed by atoms with van der Waals surface area (Å²) in [5.41, 5.74) is 1.99. The van der Waals surface area contributed by atoms with E-state index < -0.39 is 5.95 Å². The van der Waals surface area contributed by atoms with Crippen LogP contribution in [0.2, 0.25) is 0 Å². The monoisotopic (exact) mass is 341 g/mol. The predicted molar refractivity (Wildman–Crippen MR) is 94.1 cm³/mol. The van der Waals surface area contributed by atoms with Gasteiger partial charge in [-0.2, -0.15) is 4.39 Å². The largest absolute Gasteiger partial charge is 0.379 e. The van der Waals surface area contributed by atoms with E-state index in [4.69, 9.17) is 4.74 Å². The zero-order valence-electron chi connectivity index (χ0n) is 13.9. The minimum absolute atomic E-state index is 0.506. The van der Waals surface area contributed by atoms with E-state index in [1.165, 1.54) is 6.07 Å². The van der Waals surface area contributed by atoms with Crippen molar-refractivity contribution < 1.29 is 9.13 Å². The molecule has 7 heteroatoms. The smallest absolute Gasteiger partial charge is 0.213 e. The van der Waals surface area contributed by atoms with Crippen LogP contribution in [0.1, 0.15) is 0 Å². The SMILES string of the molecule is Fc1cccc(-c2nc3ccccn3c2NCCN2CCOCC2)n1. The Bertz CT molecular complexity index is 860. The highest BCUT2D eigenvalue weighted by Gasteiger charge is 2.16. The molecule has 4 rings (SSSR count). The summed E-state index contributed by atoms with van der Waals surface area (Å²) in [6, 6.07) is 10.6. The molecular weight excluding hydrogens is 321 g/mol. The van der Waals surface area contributed by atoms with Crippen LogP contribution in [-0.4, -0.2) is 58.7 Å². The van der Waals surface area contributed by atoms with E-state index >= 15 is 0 Å². The molecule has 1 aliphatic heterocycles. The summed E-state index contributed by atoms with van der Waals surface area (Å²) in [6.45, 7) is 5.16. The highest BCUT2D eigenvalue weighted by molar-refractivity contribution is 5.74. The van der Waals surface area contributed by atoms with Gasteiger partial charge in [0.05, 0.1) is 18.9 Å². The minimum Gasteiger partial charge on any atom is -0.379 e. The molecule has 3 aromatic heterocycles. The van der Waals surface area contributed by atoms with Crippen molar-refractivity contribution in [2.24, 2.45) is 0 Å². The maximum atomic E-state index is 13.6. The van der Waals surface area contributed by atoms with Gasteiger partial charge in [-0.05, 0) is 24.3 Å². The molecule has 0 atom stereocenters. The third-order valence-electron chi connectivity index (χ3n) is 4.31. The molecule has 0 spiro atoms. The summed E-state index contributed by atoms with van der Waals surface area (Å²) in [4.78, 5) is 11.0. The van der Waals surface area contributed by atoms with Crippen LogP contribution < -0.4 is 5.32 Å². The van der Waals surface area contributed by atoms with E-state index in [2.05, 4.69) is 20.2 Å². The lowest BCUT2D eigenvalue weighted by atomic mass is 10.2. The van der Waals surface area contributed by atoms with Crippen LogP contribution in [0.15, 0.2) is 42.6 Å². The first kappa shape index (κ1) is 16.0. The van der Waals surface area contributed by atoms with E-state index in [1.54, 1.807) is 12.1 Å². The van der Waals surface area contributed by atoms with E-state index in [0.29, 0.717) is 11.4 Å². The fourth-order valence-corrected chi connectivity index (χ4v) is 3.04. The van der Waals surface area contributed by atoms with Gasteiger partial charge in [0.25, 0.3) is 0 Å².